The second-order valence-corrected chi connectivity index (χ2v) is 6.76. The van der Waals surface area contributed by atoms with E-state index in [1.165, 1.54) is 16.8 Å². The molecule has 1 heterocycles. The summed E-state index contributed by atoms with van der Waals surface area (Å²) in [6, 6.07) is 11.7. The van der Waals surface area contributed by atoms with Crippen molar-refractivity contribution in [2.24, 2.45) is 0 Å². The zero-order chi connectivity index (χ0) is 20.3. The molecule has 0 atom stereocenters. The molecule has 0 unspecified atom stereocenters. The highest BCUT2D eigenvalue weighted by atomic mass is 32.2. The number of aromatic nitrogens is 2. The molecule has 10 heteroatoms. The van der Waals surface area contributed by atoms with E-state index in [0.29, 0.717) is 5.69 Å². The van der Waals surface area contributed by atoms with Crippen LogP contribution in [0.25, 0.3) is 5.69 Å². The Labute approximate surface area is 161 Å². The topological polar surface area (TPSA) is 82.1 Å². The van der Waals surface area contributed by atoms with Crippen molar-refractivity contribution in [3.63, 3.8) is 0 Å². The average molecular weight is 409 g/mol. The van der Waals surface area contributed by atoms with Gasteiger partial charge in [-0.15, -0.1) is 0 Å². The van der Waals surface area contributed by atoms with Crippen molar-refractivity contribution >= 4 is 23.4 Å². The van der Waals surface area contributed by atoms with Gasteiger partial charge in [0, 0.05) is 12.1 Å². The van der Waals surface area contributed by atoms with Crippen LogP contribution < -0.4 is 15.1 Å². The summed E-state index contributed by atoms with van der Waals surface area (Å²) in [5.41, 5.74) is 0.270. The number of para-hydroxylation sites is 1. The first-order valence-electron chi connectivity index (χ1n) is 8.00. The van der Waals surface area contributed by atoms with Crippen molar-refractivity contribution < 1.29 is 32.3 Å². The Morgan fingerprint density at radius 3 is 2.57 bits per heavy atom. The fourth-order valence-electron chi connectivity index (χ4n) is 2.37. The van der Waals surface area contributed by atoms with E-state index in [-0.39, 0.29) is 16.5 Å². The minimum absolute atomic E-state index is 0.0445. The van der Waals surface area contributed by atoms with Crippen LogP contribution in [0.1, 0.15) is 11.1 Å². The Kier molecular flexibility index (Phi) is 5.59. The number of amides is 1. The number of hydrogen-bond donors (Lipinski definition) is 1. The molecule has 3 rings (SSSR count). The van der Waals surface area contributed by atoms with Crippen LogP contribution in [0.2, 0.25) is 0 Å². The van der Waals surface area contributed by atoms with Gasteiger partial charge in [0.05, 0.1) is 22.3 Å². The molecule has 0 saturated carbocycles. The number of nitrogens with one attached hydrogen (secondary N) is 1. The molecule has 0 bridgehead atoms. The fourth-order valence-corrected chi connectivity index (χ4v) is 3.13. The van der Waals surface area contributed by atoms with Crippen LogP contribution >= 0.6 is 11.8 Å². The lowest BCUT2D eigenvalue weighted by Gasteiger charge is -2.13. The molecule has 2 aromatic carbocycles. The zero-order valence-electron chi connectivity index (χ0n) is 14.5. The van der Waals surface area contributed by atoms with Crippen molar-refractivity contribution in [3.05, 3.63) is 59.7 Å². The van der Waals surface area contributed by atoms with Crippen LogP contribution in [0.15, 0.2) is 58.1 Å². The van der Waals surface area contributed by atoms with Crippen LogP contribution in [-0.2, 0) is 11.0 Å². The maximum Gasteiger partial charge on any atom is 0.418 e. The fraction of sp³-hybridized carbons (Fsp3) is 0.167. The summed E-state index contributed by atoms with van der Waals surface area (Å²) >= 11 is 0.821. The number of rotatable bonds is 5. The van der Waals surface area contributed by atoms with Gasteiger partial charge in [-0.3, -0.25) is 4.79 Å². The number of hydrogen-bond acceptors (Lipinski definition) is 5. The number of anilines is 1. The number of aryl methyl sites for hydroxylation is 1. The third-order valence-corrected chi connectivity index (χ3v) is 4.72. The number of carbonyl (C=O) groups is 1. The Hall–Kier alpha value is -3.01. The van der Waals surface area contributed by atoms with Crippen molar-refractivity contribution in [2.45, 2.75) is 18.1 Å². The van der Waals surface area contributed by atoms with Gasteiger partial charge in [0.25, 0.3) is 5.03 Å². The molecule has 0 spiro atoms. The van der Waals surface area contributed by atoms with Crippen molar-refractivity contribution in [1.82, 2.24) is 5.27 Å². The molecule has 0 aliphatic heterocycles. The smallest absolute Gasteiger partial charge is 0.418 e. The van der Waals surface area contributed by atoms with Crippen LogP contribution in [-0.4, -0.2) is 16.9 Å². The summed E-state index contributed by atoms with van der Waals surface area (Å²) in [4.78, 5) is 12.1. The molecule has 146 valence electrons. The van der Waals surface area contributed by atoms with Crippen LogP contribution in [0.4, 0.5) is 18.9 Å². The Morgan fingerprint density at radius 1 is 1.21 bits per heavy atom. The summed E-state index contributed by atoms with van der Waals surface area (Å²) in [6.07, 6.45) is -4.60. The van der Waals surface area contributed by atoms with Crippen molar-refractivity contribution in [3.8, 4) is 11.6 Å². The summed E-state index contributed by atoms with van der Waals surface area (Å²) in [5, 5.41) is 17.8. The van der Waals surface area contributed by atoms with E-state index < -0.39 is 23.6 Å². The first kappa shape index (κ1) is 19.7. The van der Waals surface area contributed by atoms with E-state index in [1.807, 2.05) is 19.1 Å². The van der Waals surface area contributed by atoms with E-state index in [0.717, 1.165) is 29.5 Å². The van der Waals surface area contributed by atoms with Gasteiger partial charge in [-0.25, -0.2) is 0 Å². The number of alkyl halides is 3. The molecule has 1 aromatic heterocycles. The maximum absolute atomic E-state index is 13.0. The highest BCUT2D eigenvalue weighted by Crippen LogP contribution is 2.34. The Bertz CT molecular complexity index is 988. The van der Waals surface area contributed by atoms with Gasteiger partial charge in [0.1, 0.15) is 0 Å². The molecule has 3 aromatic rings. The quantitative estimate of drug-likeness (QED) is 0.517. The van der Waals surface area contributed by atoms with Crippen LogP contribution in [0.5, 0.6) is 5.95 Å². The second-order valence-electron chi connectivity index (χ2n) is 5.79. The average Bonchev–Trinajstić information content (AvgIpc) is 3.01. The highest BCUT2D eigenvalue weighted by Gasteiger charge is 2.33. The molecule has 1 N–H and O–H groups in total. The lowest BCUT2D eigenvalue weighted by molar-refractivity contribution is -0.705. The number of halogens is 3. The molecule has 6 nitrogen and oxygen atoms in total. The van der Waals surface area contributed by atoms with Gasteiger partial charge in [0.2, 0.25) is 11.6 Å². The molecule has 0 aliphatic carbocycles. The molecule has 0 radical (unpaired) electrons. The maximum atomic E-state index is 13.0. The van der Waals surface area contributed by atoms with Gasteiger partial charge in [0.15, 0.2) is 5.95 Å². The number of carbonyl (C=O) groups excluding carboxylic acids is 1. The summed E-state index contributed by atoms with van der Waals surface area (Å²) in [7, 11) is 0. The second kappa shape index (κ2) is 7.93. The Morgan fingerprint density at radius 2 is 1.89 bits per heavy atom. The van der Waals surface area contributed by atoms with Crippen molar-refractivity contribution in [2.75, 3.05) is 11.1 Å². The minimum atomic E-state index is -4.60. The van der Waals surface area contributed by atoms with Crippen LogP contribution in [0.3, 0.4) is 0 Å². The molecule has 0 saturated heterocycles. The predicted molar refractivity (Wildman–Crippen MR) is 93.0 cm³/mol. The summed E-state index contributed by atoms with van der Waals surface area (Å²) in [6.45, 7) is 1.90. The van der Waals surface area contributed by atoms with E-state index in [9.17, 15) is 23.1 Å². The SMILES string of the molecule is Cc1ccc(-[n+]2noc([O-])c2SCC(=O)Nc2ccccc2C(F)(F)F)cc1. The molecule has 0 aliphatic rings. The third-order valence-electron chi connectivity index (χ3n) is 3.70. The Balaban J connectivity index is 1.73. The van der Waals surface area contributed by atoms with Gasteiger partial charge in [-0.2, -0.15) is 13.2 Å². The van der Waals surface area contributed by atoms with E-state index in [1.54, 1.807) is 12.1 Å². The third kappa shape index (κ3) is 4.45. The number of thioether (sulfide) groups is 1. The minimum Gasteiger partial charge on any atom is -0.538 e. The summed E-state index contributed by atoms with van der Waals surface area (Å²) < 4.78 is 44.9. The number of nitrogens with zero attached hydrogens (tertiary/aromatic N) is 2. The van der Waals surface area contributed by atoms with Gasteiger partial charge >= 0.3 is 6.18 Å². The van der Waals surface area contributed by atoms with E-state index >= 15 is 0 Å². The molecular weight excluding hydrogens is 395 g/mol. The lowest BCUT2D eigenvalue weighted by Crippen LogP contribution is -2.35. The van der Waals surface area contributed by atoms with Crippen LogP contribution in [0, 0.1) is 6.92 Å². The predicted octanol–water partition coefficient (Wildman–Crippen LogP) is 3.08. The molecule has 1 amide bonds. The molecule has 28 heavy (non-hydrogen) atoms. The first-order chi connectivity index (χ1) is 13.3. The van der Waals surface area contributed by atoms with Crippen molar-refractivity contribution in [1.29, 1.82) is 0 Å². The normalized spacial score (nSPS) is 11.4. The molecular formula is C18H14F3N3O3S. The first-order valence-corrected chi connectivity index (χ1v) is 8.99. The van der Waals surface area contributed by atoms with Gasteiger partial charge < -0.3 is 14.9 Å². The highest BCUT2D eigenvalue weighted by molar-refractivity contribution is 7.99. The van der Waals surface area contributed by atoms with E-state index in [2.05, 4.69) is 15.1 Å². The van der Waals surface area contributed by atoms with Gasteiger partial charge in [-0.1, -0.05) is 29.8 Å². The monoisotopic (exact) mass is 409 g/mol. The van der Waals surface area contributed by atoms with Gasteiger partial charge in [-0.05, 0) is 35.5 Å². The number of benzene rings is 2. The largest absolute Gasteiger partial charge is 0.538 e. The standard InChI is InChI=1S/C18H14F3N3O3S/c1-11-6-8-12(9-7-11)24-16(17(26)27-23-24)28-10-15(25)22-14-5-3-2-4-13(14)18(19,20)21/h2-9H,10H2,1H3,(H-,22,23,25,26). The lowest BCUT2D eigenvalue weighted by atomic mass is 10.1. The molecule has 0 fully saturated rings. The van der Waals surface area contributed by atoms with E-state index in [4.69, 9.17) is 0 Å². The zero-order valence-corrected chi connectivity index (χ0v) is 15.3. The summed E-state index contributed by atoms with van der Waals surface area (Å²) in [5.74, 6) is -1.74.